The zero-order valence-electron chi connectivity index (χ0n) is 18.7. The highest BCUT2D eigenvalue weighted by atomic mass is 35.5. The zero-order chi connectivity index (χ0) is 24.8. The molecule has 1 saturated heterocycles. The minimum Gasteiger partial charge on any atom is -0.461 e. The molecular formula is C24H23ClO9. The maximum atomic E-state index is 12.7. The van der Waals surface area contributed by atoms with Crippen LogP contribution in [0.3, 0.4) is 0 Å². The Morgan fingerprint density at radius 2 is 1.41 bits per heavy atom. The first-order chi connectivity index (χ1) is 16.2. The molecule has 0 amide bonds. The van der Waals surface area contributed by atoms with Gasteiger partial charge in [0.05, 0.1) is 11.6 Å². The molecule has 0 unspecified atom stereocenters. The second-order valence-corrected chi connectivity index (χ2v) is 7.86. The van der Waals surface area contributed by atoms with Crippen LogP contribution in [0.1, 0.15) is 36.7 Å². The molecule has 1 fully saturated rings. The van der Waals surface area contributed by atoms with Gasteiger partial charge in [-0.25, -0.2) is 0 Å². The molecule has 2 aromatic rings. The van der Waals surface area contributed by atoms with Crippen LogP contribution in [-0.2, 0) is 33.3 Å². The van der Waals surface area contributed by atoms with E-state index < -0.39 is 42.5 Å². The Kier molecular flexibility index (Phi) is 8.25. The van der Waals surface area contributed by atoms with Crippen LogP contribution in [-0.4, -0.2) is 54.9 Å². The average Bonchev–Trinajstić information content (AvgIpc) is 2.77. The lowest BCUT2D eigenvalue weighted by Crippen LogP contribution is -2.59. The summed E-state index contributed by atoms with van der Waals surface area (Å²) in [5, 5.41) is 0.339. The van der Waals surface area contributed by atoms with Gasteiger partial charge in [0.2, 0.25) is 12.4 Å². The SMILES string of the molecule is CC(=O)O[C@@H]1[C@@H](OC(C)=O)[C@H](Oc2ccc(C(=O)c3ccccc3Cl)cc2)OC[C@H]1OC(C)=O. The number of hydrogen-bond donors (Lipinski definition) is 0. The van der Waals surface area contributed by atoms with Gasteiger partial charge < -0.3 is 23.7 Å². The Balaban J connectivity index is 1.80. The van der Waals surface area contributed by atoms with Gasteiger partial charge in [-0.15, -0.1) is 0 Å². The molecule has 2 aromatic carbocycles. The Hall–Kier alpha value is -3.43. The fourth-order valence-corrected chi connectivity index (χ4v) is 3.65. The lowest BCUT2D eigenvalue weighted by atomic mass is 10.0. The predicted octanol–water partition coefficient (Wildman–Crippen LogP) is 3.10. The van der Waals surface area contributed by atoms with Crippen LogP contribution in [0, 0.1) is 0 Å². The highest BCUT2D eigenvalue weighted by Crippen LogP contribution is 2.28. The summed E-state index contributed by atoms with van der Waals surface area (Å²) in [5.41, 5.74) is 0.748. The molecule has 9 nitrogen and oxygen atoms in total. The van der Waals surface area contributed by atoms with Crippen LogP contribution < -0.4 is 4.74 Å². The number of ether oxygens (including phenoxy) is 5. The number of ketones is 1. The number of rotatable bonds is 7. The van der Waals surface area contributed by atoms with E-state index in [1.54, 1.807) is 36.4 Å². The van der Waals surface area contributed by atoms with Crippen molar-refractivity contribution in [1.29, 1.82) is 0 Å². The second kappa shape index (κ2) is 11.1. The highest BCUT2D eigenvalue weighted by molar-refractivity contribution is 6.34. The molecule has 3 rings (SSSR count). The third-order valence-corrected chi connectivity index (χ3v) is 5.12. The van der Waals surface area contributed by atoms with Crippen molar-refractivity contribution in [1.82, 2.24) is 0 Å². The average molecular weight is 491 g/mol. The molecule has 34 heavy (non-hydrogen) atoms. The van der Waals surface area contributed by atoms with Crippen LogP contribution in [0.15, 0.2) is 48.5 Å². The van der Waals surface area contributed by atoms with Gasteiger partial charge in [-0.05, 0) is 36.4 Å². The van der Waals surface area contributed by atoms with Crippen LogP contribution in [0.2, 0.25) is 5.02 Å². The Labute approximate surface area is 200 Å². The Bertz CT molecular complexity index is 1070. The van der Waals surface area contributed by atoms with Crippen molar-refractivity contribution < 1.29 is 42.9 Å². The van der Waals surface area contributed by atoms with Gasteiger partial charge in [-0.2, -0.15) is 0 Å². The van der Waals surface area contributed by atoms with Crippen molar-refractivity contribution in [3.05, 3.63) is 64.7 Å². The molecule has 0 bridgehead atoms. The summed E-state index contributed by atoms with van der Waals surface area (Å²) in [6.45, 7) is 3.38. The molecular weight excluding hydrogens is 468 g/mol. The minimum absolute atomic E-state index is 0.164. The van der Waals surface area contributed by atoms with Crippen LogP contribution in [0.5, 0.6) is 5.75 Å². The Morgan fingerprint density at radius 3 is 2.00 bits per heavy atom. The highest BCUT2D eigenvalue weighted by Gasteiger charge is 2.48. The lowest BCUT2D eigenvalue weighted by molar-refractivity contribution is -0.259. The van der Waals surface area contributed by atoms with Gasteiger partial charge in [-0.3, -0.25) is 19.2 Å². The monoisotopic (exact) mass is 490 g/mol. The van der Waals surface area contributed by atoms with E-state index in [1.807, 2.05) is 0 Å². The molecule has 0 spiro atoms. The van der Waals surface area contributed by atoms with Crippen LogP contribution in [0.25, 0.3) is 0 Å². The molecule has 1 aliphatic rings. The number of hydrogen-bond acceptors (Lipinski definition) is 9. The smallest absolute Gasteiger partial charge is 0.303 e. The van der Waals surface area contributed by atoms with E-state index in [9.17, 15) is 19.2 Å². The normalized spacial score (nSPS) is 21.8. The fourth-order valence-electron chi connectivity index (χ4n) is 3.43. The number of halogens is 1. The first kappa shape index (κ1) is 25.2. The Morgan fingerprint density at radius 1 is 0.824 bits per heavy atom. The molecule has 180 valence electrons. The molecule has 1 aliphatic heterocycles. The van der Waals surface area contributed by atoms with Gasteiger partial charge in [-0.1, -0.05) is 23.7 Å². The predicted molar refractivity (Wildman–Crippen MR) is 118 cm³/mol. The number of esters is 3. The van der Waals surface area contributed by atoms with Crippen molar-refractivity contribution in [3.63, 3.8) is 0 Å². The van der Waals surface area contributed by atoms with Crippen molar-refractivity contribution in [2.45, 2.75) is 45.4 Å². The summed E-state index contributed by atoms with van der Waals surface area (Å²) in [5.74, 6) is -1.93. The maximum Gasteiger partial charge on any atom is 0.303 e. The summed E-state index contributed by atoms with van der Waals surface area (Å²) in [4.78, 5) is 47.6. The van der Waals surface area contributed by atoms with Gasteiger partial charge in [0.25, 0.3) is 0 Å². The molecule has 0 radical (unpaired) electrons. The van der Waals surface area contributed by atoms with Crippen molar-refractivity contribution >= 4 is 35.3 Å². The van der Waals surface area contributed by atoms with E-state index in [-0.39, 0.29) is 12.4 Å². The fraction of sp³-hybridized carbons (Fsp3) is 0.333. The maximum absolute atomic E-state index is 12.7. The lowest BCUT2D eigenvalue weighted by Gasteiger charge is -2.40. The number of carbonyl (C=O) groups is 4. The number of carbonyl (C=O) groups excluding carboxylic acids is 4. The molecule has 1 heterocycles. The van der Waals surface area contributed by atoms with E-state index >= 15 is 0 Å². The van der Waals surface area contributed by atoms with E-state index in [2.05, 4.69) is 0 Å². The van der Waals surface area contributed by atoms with E-state index in [0.29, 0.717) is 21.9 Å². The first-order valence-electron chi connectivity index (χ1n) is 10.3. The van der Waals surface area contributed by atoms with Crippen LogP contribution >= 0.6 is 11.6 Å². The molecule has 0 N–H and O–H groups in total. The standard InChI is InChI=1S/C24H23ClO9/c1-13(26)31-20-12-30-24(23(33-15(3)28)22(20)32-14(2)27)34-17-10-8-16(9-11-17)21(29)18-6-4-5-7-19(18)25/h4-11,20,22-24H,12H2,1-3H3/t20-,22+,23-,24+/m1/s1. The van der Waals surface area contributed by atoms with E-state index in [1.165, 1.54) is 32.9 Å². The van der Waals surface area contributed by atoms with Gasteiger partial charge in [0, 0.05) is 31.9 Å². The number of benzene rings is 2. The quantitative estimate of drug-likeness (QED) is 0.328. The summed E-state index contributed by atoms with van der Waals surface area (Å²) in [6.07, 6.45) is -4.54. The van der Waals surface area contributed by atoms with Crippen LogP contribution in [0.4, 0.5) is 0 Å². The van der Waals surface area contributed by atoms with Crippen molar-refractivity contribution in [2.75, 3.05) is 6.61 Å². The summed E-state index contributed by atoms with van der Waals surface area (Å²) >= 11 is 6.11. The third-order valence-electron chi connectivity index (χ3n) is 4.79. The first-order valence-corrected chi connectivity index (χ1v) is 10.7. The zero-order valence-corrected chi connectivity index (χ0v) is 19.4. The summed E-state index contributed by atoms with van der Waals surface area (Å²) in [6, 6.07) is 12.9. The summed E-state index contributed by atoms with van der Waals surface area (Å²) in [7, 11) is 0. The van der Waals surface area contributed by atoms with Gasteiger partial charge >= 0.3 is 17.9 Å². The molecule has 0 aromatic heterocycles. The van der Waals surface area contributed by atoms with Crippen molar-refractivity contribution in [2.24, 2.45) is 0 Å². The topological polar surface area (TPSA) is 114 Å². The summed E-state index contributed by atoms with van der Waals surface area (Å²) < 4.78 is 27.2. The molecule has 0 saturated carbocycles. The second-order valence-electron chi connectivity index (χ2n) is 7.45. The largest absolute Gasteiger partial charge is 0.461 e. The van der Waals surface area contributed by atoms with E-state index in [0.717, 1.165) is 0 Å². The van der Waals surface area contributed by atoms with Crippen molar-refractivity contribution in [3.8, 4) is 5.75 Å². The molecule has 4 atom stereocenters. The minimum atomic E-state index is -1.22. The molecule has 10 heteroatoms. The van der Waals surface area contributed by atoms with E-state index in [4.69, 9.17) is 35.3 Å². The van der Waals surface area contributed by atoms with Gasteiger partial charge in [0.1, 0.15) is 5.75 Å². The third kappa shape index (κ3) is 6.33. The molecule has 0 aliphatic carbocycles. The van der Waals surface area contributed by atoms with Gasteiger partial charge in [0.15, 0.2) is 18.0 Å².